The normalized spacial score (nSPS) is 13.3. The third-order valence-electron chi connectivity index (χ3n) is 3.56. The Kier molecular flexibility index (Phi) is 11.0. The SMILES string of the molecule is O=[PH](OCOS(=O)(=O)c1ccc(F)cc1SC(F)(F)F)OCOS(=O)(=O)c1ccc(F)cc1SC(F)(F)F. The Hall–Kier alpha value is -1.45. The molecule has 38 heavy (non-hydrogen) atoms. The van der Waals surface area contributed by atoms with Crippen molar-refractivity contribution in [2.24, 2.45) is 0 Å². The maximum atomic E-state index is 13.3. The van der Waals surface area contributed by atoms with E-state index in [0.717, 1.165) is 0 Å². The van der Waals surface area contributed by atoms with Gasteiger partial charge in [0.25, 0.3) is 20.2 Å². The molecule has 9 nitrogen and oxygen atoms in total. The van der Waals surface area contributed by atoms with E-state index in [1.165, 1.54) is 0 Å². The molecule has 2 aromatic rings. The van der Waals surface area contributed by atoms with Crippen LogP contribution in [0.2, 0.25) is 0 Å². The van der Waals surface area contributed by atoms with E-state index >= 15 is 0 Å². The summed E-state index contributed by atoms with van der Waals surface area (Å²) in [4.78, 5) is -4.37. The van der Waals surface area contributed by atoms with Crippen LogP contribution in [0.1, 0.15) is 0 Å². The van der Waals surface area contributed by atoms with Crippen molar-refractivity contribution >= 4 is 52.0 Å². The predicted molar refractivity (Wildman–Crippen MR) is 114 cm³/mol. The number of thioether (sulfide) groups is 2. The molecule has 0 spiro atoms. The zero-order chi connectivity index (χ0) is 28.9. The van der Waals surface area contributed by atoms with Crippen LogP contribution >= 0.6 is 31.8 Å². The molecule has 214 valence electrons. The van der Waals surface area contributed by atoms with Gasteiger partial charge >= 0.3 is 19.3 Å². The zero-order valence-electron chi connectivity index (χ0n) is 17.7. The molecular formula is C16H11F8O9PS4. The van der Waals surface area contributed by atoms with Crippen LogP contribution in [0.5, 0.6) is 0 Å². The number of benzene rings is 2. The second-order valence-electron chi connectivity index (χ2n) is 6.20. The van der Waals surface area contributed by atoms with Crippen molar-refractivity contribution in [1.82, 2.24) is 0 Å². The molecule has 0 amide bonds. The highest BCUT2D eigenvalue weighted by Crippen LogP contribution is 2.42. The Labute approximate surface area is 218 Å². The lowest BCUT2D eigenvalue weighted by Crippen LogP contribution is -2.12. The van der Waals surface area contributed by atoms with Crippen LogP contribution in [-0.4, -0.2) is 41.4 Å². The summed E-state index contributed by atoms with van der Waals surface area (Å²) in [5, 5.41) is 0. The van der Waals surface area contributed by atoms with Crippen molar-refractivity contribution in [3.05, 3.63) is 48.0 Å². The quantitative estimate of drug-likeness (QED) is 0.0927. The molecule has 0 atom stereocenters. The van der Waals surface area contributed by atoms with Gasteiger partial charge in [-0.1, -0.05) is 0 Å². The van der Waals surface area contributed by atoms with E-state index in [2.05, 4.69) is 17.4 Å². The fourth-order valence-corrected chi connectivity index (χ4v) is 6.51. The van der Waals surface area contributed by atoms with Crippen LogP contribution in [0.3, 0.4) is 0 Å². The van der Waals surface area contributed by atoms with Gasteiger partial charge in [-0.25, -0.2) is 17.1 Å². The topological polar surface area (TPSA) is 122 Å². The van der Waals surface area contributed by atoms with Gasteiger partial charge < -0.3 is 0 Å². The predicted octanol–water partition coefficient (Wildman–Crippen LogP) is 5.64. The fraction of sp³-hybridized carbons (Fsp3) is 0.250. The Morgan fingerprint density at radius 2 is 1.03 bits per heavy atom. The van der Waals surface area contributed by atoms with Crippen LogP contribution < -0.4 is 0 Å². The first-order chi connectivity index (χ1) is 17.3. The molecule has 0 fully saturated rings. The lowest BCUT2D eigenvalue weighted by Gasteiger charge is -2.13. The third kappa shape index (κ3) is 10.6. The Balaban J connectivity index is 1.97. The smallest absolute Gasteiger partial charge is 0.282 e. The van der Waals surface area contributed by atoms with Gasteiger partial charge in [-0.3, -0.25) is 13.6 Å². The minimum absolute atomic E-state index is 0.277. The monoisotopic (exact) mass is 658 g/mol. The lowest BCUT2D eigenvalue weighted by atomic mass is 10.3. The minimum atomic E-state index is -5.02. The first-order valence-corrected chi connectivity index (χ1v) is 14.7. The Morgan fingerprint density at radius 1 is 0.684 bits per heavy atom. The van der Waals surface area contributed by atoms with E-state index in [1.54, 1.807) is 0 Å². The van der Waals surface area contributed by atoms with Gasteiger partial charge in [0.05, 0.1) is 0 Å². The highest BCUT2D eigenvalue weighted by Gasteiger charge is 2.34. The summed E-state index contributed by atoms with van der Waals surface area (Å²) in [5.74, 6) is -2.38. The molecule has 0 N–H and O–H groups in total. The van der Waals surface area contributed by atoms with E-state index in [1.807, 2.05) is 0 Å². The Bertz CT molecular complexity index is 1280. The molecule has 2 aromatic carbocycles. The molecule has 0 radical (unpaired) electrons. The molecule has 2 rings (SSSR count). The molecule has 0 aliphatic carbocycles. The van der Waals surface area contributed by atoms with Gasteiger partial charge in [0, 0.05) is 9.79 Å². The van der Waals surface area contributed by atoms with Crippen molar-refractivity contribution in [2.45, 2.75) is 30.6 Å². The van der Waals surface area contributed by atoms with E-state index in [9.17, 15) is 56.5 Å². The first-order valence-electron chi connectivity index (χ1n) is 8.98. The van der Waals surface area contributed by atoms with Crippen LogP contribution in [0.25, 0.3) is 0 Å². The summed E-state index contributed by atoms with van der Waals surface area (Å²) in [5.41, 5.74) is -9.98. The van der Waals surface area contributed by atoms with Crippen LogP contribution in [0, 0.1) is 11.6 Å². The first kappa shape index (κ1) is 32.8. The number of hydrogen-bond donors (Lipinski definition) is 0. The second-order valence-corrected chi connectivity index (χ2v) is 12.7. The lowest BCUT2D eigenvalue weighted by molar-refractivity contribution is -0.0338. The molecule has 0 saturated heterocycles. The van der Waals surface area contributed by atoms with Crippen molar-refractivity contribution in [3.63, 3.8) is 0 Å². The summed E-state index contributed by atoms with van der Waals surface area (Å²) < 4.78 is 180. The van der Waals surface area contributed by atoms with Gasteiger partial charge in [0.2, 0.25) is 0 Å². The largest absolute Gasteiger partial charge is 0.446 e. The molecule has 0 saturated carbocycles. The highest BCUT2D eigenvalue weighted by molar-refractivity contribution is 8.01. The molecule has 0 aliphatic rings. The number of rotatable bonds is 12. The number of alkyl halides is 6. The standard InChI is InChI=1S/C16H11F8O9PS4/c17-9-1-3-13(11(5-9)35-15(19,20)21)37(26,27)32-7-30-34(25)31-8-33-38(28,29)14-4-2-10(18)6-12(14)36-16(22,23)24/h1-6,34H,7-8H2. The average molecular weight is 658 g/mol. The van der Waals surface area contributed by atoms with Crippen molar-refractivity contribution in [1.29, 1.82) is 0 Å². The molecule has 0 heterocycles. The summed E-state index contributed by atoms with van der Waals surface area (Å²) in [6.45, 7) is -2.85. The average Bonchev–Trinajstić information content (AvgIpc) is 2.70. The van der Waals surface area contributed by atoms with Crippen molar-refractivity contribution < 1.29 is 73.9 Å². The van der Waals surface area contributed by atoms with Crippen molar-refractivity contribution in [3.8, 4) is 0 Å². The molecule has 0 unspecified atom stereocenters. The highest BCUT2D eigenvalue weighted by atomic mass is 32.2. The number of hydrogen-bond acceptors (Lipinski definition) is 11. The second kappa shape index (κ2) is 12.8. The maximum Gasteiger partial charge on any atom is 0.446 e. The molecule has 0 bridgehead atoms. The Morgan fingerprint density at radius 3 is 1.34 bits per heavy atom. The fourth-order valence-electron chi connectivity index (χ4n) is 2.23. The maximum absolute atomic E-state index is 13.3. The van der Waals surface area contributed by atoms with Crippen LogP contribution in [-0.2, 0) is 42.2 Å². The summed E-state index contributed by atoms with van der Waals surface area (Å²) in [6, 6.07) is 2.55. The van der Waals surface area contributed by atoms with Crippen LogP contribution in [0.15, 0.2) is 56.0 Å². The van der Waals surface area contributed by atoms with Gasteiger partial charge in [-0.15, -0.1) is 0 Å². The van der Waals surface area contributed by atoms with Gasteiger partial charge in [-0.05, 0) is 59.9 Å². The van der Waals surface area contributed by atoms with E-state index in [-0.39, 0.29) is 12.1 Å². The van der Waals surface area contributed by atoms with E-state index in [4.69, 9.17) is 0 Å². The zero-order valence-corrected chi connectivity index (χ0v) is 22.0. The minimum Gasteiger partial charge on any atom is -0.282 e. The summed E-state index contributed by atoms with van der Waals surface area (Å²) in [6.07, 6.45) is 0. The third-order valence-corrected chi connectivity index (χ3v) is 8.71. The van der Waals surface area contributed by atoms with Gasteiger partial charge in [-0.2, -0.15) is 43.2 Å². The molecule has 0 aliphatic heterocycles. The van der Waals surface area contributed by atoms with E-state index in [0.29, 0.717) is 24.3 Å². The molecule has 0 aromatic heterocycles. The van der Waals surface area contributed by atoms with Gasteiger partial charge in [0.1, 0.15) is 21.4 Å². The van der Waals surface area contributed by atoms with Crippen LogP contribution in [0.4, 0.5) is 35.1 Å². The van der Waals surface area contributed by atoms with Crippen molar-refractivity contribution in [2.75, 3.05) is 13.6 Å². The molecular weight excluding hydrogens is 647 g/mol. The van der Waals surface area contributed by atoms with Gasteiger partial charge in [0.15, 0.2) is 13.6 Å². The summed E-state index contributed by atoms with van der Waals surface area (Å²) >= 11 is -1.91. The summed E-state index contributed by atoms with van der Waals surface area (Å²) in [7, 11) is -13.8. The van der Waals surface area contributed by atoms with E-state index < -0.39 is 108 Å². The molecule has 22 heteroatoms. The number of halogens is 8.